The van der Waals surface area contributed by atoms with Gasteiger partial charge >= 0.3 is 0 Å². The van der Waals surface area contributed by atoms with Gasteiger partial charge in [-0.05, 0) is 0 Å². The monoisotopic (exact) mass is 133 g/mol. The van der Waals surface area contributed by atoms with Crippen LogP contribution in [0.3, 0.4) is 0 Å². The highest BCUT2D eigenvalue weighted by Gasteiger charge is 1.66. The van der Waals surface area contributed by atoms with E-state index in [2.05, 4.69) is 8.80 Å². The second-order valence-corrected chi connectivity index (χ2v) is 0.975. The highest BCUT2D eigenvalue weighted by atomic mass is 32.2. The first-order chi connectivity index (χ1) is 3.41. The Bertz CT molecular complexity index is 118. The zero-order valence-corrected chi connectivity index (χ0v) is 4.64. The number of rotatable bonds is 2. The maximum atomic E-state index is 9.18. The predicted octanol–water partition coefficient (Wildman–Crippen LogP) is 0.383. The maximum Gasteiger partial charge on any atom is 0.249 e. The first-order valence-corrected chi connectivity index (χ1v) is 1.95. The van der Waals surface area contributed by atoms with Crippen LogP contribution in [0.5, 0.6) is 0 Å². The van der Waals surface area contributed by atoms with Crippen molar-refractivity contribution >= 4 is 24.3 Å². The van der Waals surface area contributed by atoms with Crippen molar-refractivity contribution in [2.45, 2.75) is 0 Å². The van der Waals surface area contributed by atoms with Crippen molar-refractivity contribution in [3.05, 3.63) is 0 Å². The molecule has 0 aliphatic carbocycles. The van der Waals surface area contributed by atoms with Crippen molar-refractivity contribution in [2.75, 3.05) is 0 Å². The van der Waals surface area contributed by atoms with E-state index in [0.29, 0.717) is 12.1 Å². The van der Waals surface area contributed by atoms with E-state index < -0.39 is 0 Å². The van der Waals surface area contributed by atoms with Crippen LogP contribution < -0.4 is 6.15 Å². The quantitative estimate of drug-likeness (QED) is 0.334. The number of hydrogen-bond donors (Lipinski definition) is 1. The second-order valence-electron chi connectivity index (χ2n) is 0.447. The largest absolute Gasteiger partial charge is 0.344 e. The highest BCUT2D eigenvalue weighted by Crippen LogP contribution is 1.96. The molecule has 0 spiro atoms. The van der Waals surface area contributed by atoms with Crippen LogP contribution >= 0.6 is 12.1 Å². The smallest absolute Gasteiger partial charge is 0.249 e. The van der Waals surface area contributed by atoms with Crippen molar-refractivity contribution < 1.29 is 9.59 Å². The van der Waals surface area contributed by atoms with Gasteiger partial charge in [-0.1, -0.05) is 0 Å². The molecular weight excluding hydrogens is 130 g/mol. The Kier molecular flexibility index (Phi) is 11.9. The molecule has 0 fully saturated rings. The molecule has 5 nitrogen and oxygen atoms in total. The van der Waals surface area contributed by atoms with Gasteiger partial charge < -0.3 is 6.15 Å². The van der Waals surface area contributed by atoms with Gasteiger partial charge in [0.25, 0.3) is 0 Å². The summed E-state index contributed by atoms with van der Waals surface area (Å²) < 4.78 is 5.69. The minimum absolute atomic E-state index is 0. The lowest BCUT2D eigenvalue weighted by Gasteiger charge is -1.60. The molecule has 0 aliphatic rings. The summed E-state index contributed by atoms with van der Waals surface area (Å²) in [6, 6.07) is 0. The molecule has 0 amide bonds. The van der Waals surface area contributed by atoms with Gasteiger partial charge in [0.15, 0.2) is 0 Å². The van der Waals surface area contributed by atoms with Crippen LogP contribution in [0.1, 0.15) is 0 Å². The number of isocyanates is 2. The number of carbonyl (C=O) groups excluding carboxylic acids is 2. The molecule has 0 unspecified atom stereocenters. The molecule has 0 atom stereocenters. The normalized spacial score (nSPS) is 5.00. The van der Waals surface area contributed by atoms with Crippen LogP contribution in [0.4, 0.5) is 0 Å². The zero-order valence-electron chi connectivity index (χ0n) is 3.83. The first-order valence-electron chi connectivity index (χ1n) is 1.22. The van der Waals surface area contributed by atoms with Crippen molar-refractivity contribution in [2.24, 2.45) is 8.80 Å². The molecule has 0 aromatic rings. The Morgan fingerprint density at radius 3 is 1.75 bits per heavy atom. The zero-order chi connectivity index (χ0) is 5.54. The lowest BCUT2D eigenvalue weighted by atomic mass is 11.7. The first kappa shape index (κ1) is 10.1. The summed E-state index contributed by atoms with van der Waals surface area (Å²) in [5, 5.41) is 0. The molecule has 0 radical (unpaired) electrons. The van der Waals surface area contributed by atoms with Gasteiger partial charge in [0.05, 0.1) is 0 Å². The third kappa shape index (κ3) is 8.91. The van der Waals surface area contributed by atoms with E-state index in [1.807, 2.05) is 0 Å². The molecule has 0 rings (SSSR count). The Morgan fingerprint density at radius 1 is 1.12 bits per heavy atom. The van der Waals surface area contributed by atoms with Gasteiger partial charge in [0, 0.05) is 0 Å². The Labute approximate surface area is 49.7 Å². The summed E-state index contributed by atoms with van der Waals surface area (Å²) in [4.78, 5) is 18.4. The lowest BCUT2D eigenvalue weighted by Crippen LogP contribution is -1.43. The van der Waals surface area contributed by atoms with Gasteiger partial charge in [-0.3, -0.25) is 0 Å². The van der Waals surface area contributed by atoms with Crippen LogP contribution in [-0.4, -0.2) is 12.2 Å². The summed E-state index contributed by atoms with van der Waals surface area (Å²) in [5.41, 5.74) is 0. The lowest BCUT2D eigenvalue weighted by molar-refractivity contribution is 0.566. The van der Waals surface area contributed by atoms with Crippen LogP contribution in [0.15, 0.2) is 8.80 Å². The van der Waals surface area contributed by atoms with Crippen LogP contribution in [0.2, 0.25) is 0 Å². The highest BCUT2D eigenvalue weighted by molar-refractivity contribution is 7.96. The Hall–Kier alpha value is -0.930. The van der Waals surface area contributed by atoms with E-state index >= 15 is 0 Å². The van der Waals surface area contributed by atoms with E-state index in [4.69, 9.17) is 0 Å². The standard InChI is InChI=1S/C2N2O2S.H3N/c5-1-3-7-4-2-6;/h;1H3. The van der Waals surface area contributed by atoms with E-state index in [9.17, 15) is 9.59 Å². The van der Waals surface area contributed by atoms with Gasteiger partial charge in [0.1, 0.15) is 12.1 Å². The van der Waals surface area contributed by atoms with Crippen LogP contribution in [-0.2, 0) is 9.59 Å². The van der Waals surface area contributed by atoms with Gasteiger partial charge in [-0.25, -0.2) is 9.59 Å². The van der Waals surface area contributed by atoms with Crippen molar-refractivity contribution in [3.63, 3.8) is 0 Å². The molecule has 3 N–H and O–H groups in total. The molecule has 0 heterocycles. The third-order valence-corrected chi connectivity index (χ3v) is 0.469. The number of nitrogens with zero attached hydrogens (tertiary/aromatic N) is 2. The topological polar surface area (TPSA) is 93.9 Å². The average Bonchev–Trinajstić information content (AvgIpc) is 1.69. The minimum atomic E-state index is 0. The maximum absolute atomic E-state index is 9.18. The summed E-state index contributed by atoms with van der Waals surface area (Å²) in [6.45, 7) is 0. The van der Waals surface area contributed by atoms with Gasteiger partial charge in [0.2, 0.25) is 12.2 Å². The Balaban J connectivity index is 0. The average molecular weight is 133 g/mol. The van der Waals surface area contributed by atoms with E-state index in [-0.39, 0.29) is 6.15 Å². The number of hydrogen-bond acceptors (Lipinski definition) is 6. The van der Waals surface area contributed by atoms with E-state index in [0.717, 1.165) is 0 Å². The second kappa shape index (κ2) is 9.42. The Morgan fingerprint density at radius 2 is 1.50 bits per heavy atom. The van der Waals surface area contributed by atoms with Gasteiger partial charge in [-0.15, -0.1) is 8.80 Å². The fourth-order valence-corrected chi connectivity index (χ4v) is 0.161. The minimum Gasteiger partial charge on any atom is -0.344 e. The van der Waals surface area contributed by atoms with Crippen molar-refractivity contribution in [1.29, 1.82) is 0 Å². The molecule has 8 heavy (non-hydrogen) atoms. The van der Waals surface area contributed by atoms with Crippen molar-refractivity contribution in [1.82, 2.24) is 6.15 Å². The van der Waals surface area contributed by atoms with Gasteiger partial charge in [-0.2, -0.15) is 0 Å². The molecule has 0 aromatic carbocycles. The molecule has 44 valence electrons. The molecule has 6 heteroatoms. The molecule has 0 aliphatic heterocycles. The van der Waals surface area contributed by atoms with Crippen LogP contribution in [0.25, 0.3) is 0 Å². The molecule has 0 bridgehead atoms. The summed E-state index contributed by atoms with van der Waals surface area (Å²) in [5.74, 6) is 0. The summed E-state index contributed by atoms with van der Waals surface area (Å²) >= 11 is 0.456. The molecule has 0 aromatic heterocycles. The summed E-state index contributed by atoms with van der Waals surface area (Å²) in [6.07, 6.45) is 2.34. The van der Waals surface area contributed by atoms with Crippen molar-refractivity contribution in [3.8, 4) is 0 Å². The predicted molar refractivity (Wildman–Crippen MR) is 28.9 cm³/mol. The van der Waals surface area contributed by atoms with E-state index in [1.54, 1.807) is 0 Å². The molecule has 0 saturated carbocycles. The SMILES string of the molecule is N.O=C=NSN=C=O. The summed E-state index contributed by atoms with van der Waals surface area (Å²) in [7, 11) is 0. The van der Waals surface area contributed by atoms with E-state index in [1.165, 1.54) is 12.2 Å². The third-order valence-electron chi connectivity index (χ3n) is 0.156. The van der Waals surface area contributed by atoms with Crippen LogP contribution in [0, 0.1) is 0 Å². The fourth-order valence-electron chi connectivity index (χ4n) is 0.0537. The molecular formula is C2H3N3O2S. The fraction of sp³-hybridized carbons (Fsp3) is 0. The molecule has 0 saturated heterocycles.